The number of nitrogens with zero attached hydrogens (tertiary/aromatic N) is 3. The Balaban J connectivity index is 1.89. The van der Waals surface area contributed by atoms with Crippen LogP contribution in [0.15, 0.2) is 29.2 Å². The van der Waals surface area contributed by atoms with Crippen molar-refractivity contribution in [2.75, 3.05) is 19.6 Å². The molecule has 1 aromatic carbocycles. The first-order chi connectivity index (χ1) is 12.2. The lowest BCUT2D eigenvalue weighted by atomic mass is 10.1. The van der Waals surface area contributed by atoms with E-state index in [0.717, 1.165) is 11.0 Å². The minimum atomic E-state index is -4.15. The predicted octanol–water partition coefficient (Wildman–Crippen LogP) is 0.719. The van der Waals surface area contributed by atoms with Crippen LogP contribution in [0.25, 0.3) is 0 Å². The van der Waals surface area contributed by atoms with E-state index < -0.39 is 38.7 Å². The number of hydrogen-bond acceptors (Lipinski definition) is 6. The molecule has 2 fully saturated rings. The molecule has 1 aliphatic carbocycles. The van der Waals surface area contributed by atoms with Crippen LogP contribution in [-0.2, 0) is 10.0 Å². The van der Waals surface area contributed by atoms with Crippen LogP contribution in [-0.4, -0.2) is 70.6 Å². The number of carbonyl (C=O) groups is 1. The molecule has 1 saturated heterocycles. The molecular formula is C15H19N3O7S. The van der Waals surface area contributed by atoms with Gasteiger partial charge in [0.05, 0.1) is 17.6 Å². The van der Waals surface area contributed by atoms with Crippen molar-refractivity contribution in [1.29, 1.82) is 0 Å². The zero-order chi connectivity index (χ0) is 19.1. The van der Waals surface area contributed by atoms with E-state index in [1.807, 2.05) is 0 Å². The lowest BCUT2D eigenvalue weighted by Gasteiger charge is -2.26. The van der Waals surface area contributed by atoms with E-state index in [0.29, 0.717) is 12.8 Å². The van der Waals surface area contributed by atoms with E-state index in [9.17, 15) is 28.4 Å². The molecule has 0 radical (unpaired) electrons. The maximum Gasteiger partial charge on any atom is 0.407 e. The second kappa shape index (κ2) is 6.82. The van der Waals surface area contributed by atoms with Crippen molar-refractivity contribution >= 4 is 21.8 Å². The molecule has 1 amide bonds. The van der Waals surface area contributed by atoms with Crippen LogP contribution in [0.3, 0.4) is 0 Å². The number of nitro benzene ring substituents is 1. The van der Waals surface area contributed by atoms with Gasteiger partial charge in [-0.25, -0.2) is 13.2 Å². The average molecular weight is 385 g/mol. The highest BCUT2D eigenvalue weighted by atomic mass is 32.2. The summed E-state index contributed by atoms with van der Waals surface area (Å²) in [4.78, 5) is 22.2. The molecule has 0 aromatic heterocycles. The molecule has 1 aromatic rings. The molecule has 10 nitrogen and oxygen atoms in total. The molecule has 2 atom stereocenters. The summed E-state index contributed by atoms with van der Waals surface area (Å²) in [7, 11) is -4.15. The predicted molar refractivity (Wildman–Crippen MR) is 89.1 cm³/mol. The Kier molecular flexibility index (Phi) is 4.86. The number of para-hydroxylation sites is 1. The van der Waals surface area contributed by atoms with Crippen LogP contribution in [0.5, 0.6) is 0 Å². The van der Waals surface area contributed by atoms with Crippen LogP contribution in [0, 0.1) is 16.0 Å². The Bertz CT molecular complexity index is 824. The second-order valence-electron chi connectivity index (χ2n) is 6.55. The molecule has 11 heteroatoms. The topological polar surface area (TPSA) is 141 Å². The average Bonchev–Trinajstić information content (AvgIpc) is 3.35. The minimum absolute atomic E-state index is 0.0200. The number of likely N-dealkylation sites (tertiary alicyclic amines) is 1. The monoisotopic (exact) mass is 385 g/mol. The Morgan fingerprint density at radius 1 is 1.31 bits per heavy atom. The number of β-amino-alcohol motifs (C(OH)–C–C–N with tert-alkyl or cyclic N) is 1. The van der Waals surface area contributed by atoms with Crippen molar-refractivity contribution < 1.29 is 28.3 Å². The van der Waals surface area contributed by atoms with Gasteiger partial charge in [-0.2, -0.15) is 4.31 Å². The molecule has 1 heterocycles. The maximum atomic E-state index is 13.1. The van der Waals surface area contributed by atoms with Crippen LogP contribution < -0.4 is 0 Å². The van der Waals surface area contributed by atoms with E-state index in [4.69, 9.17) is 5.11 Å². The summed E-state index contributed by atoms with van der Waals surface area (Å²) >= 11 is 0. The molecule has 26 heavy (non-hydrogen) atoms. The van der Waals surface area contributed by atoms with E-state index in [1.165, 1.54) is 22.5 Å². The number of aliphatic hydroxyl groups excluding tert-OH is 1. The van der Waals surface area contributed by atoms with Crippen molar-refractivity contribution in [1.82, 2.24) is 9.21 Å². The minimum Gasteiger partial charge on any atom is -0.465 e. The molecular weight excluding hydrogens is 366 g/mol. The summed E-state index contributed by atoms with van der Waals surface area (Å²) < 4.78 is 27.3. The quantitative estimate of drug-likeness (QED) is 0.543. The lowest BCUT2D eigenvalue weighted by molar-refractivity contribution is -0.387. The Labute approximate surface area is 149 Å². The highest BCUT2D eigenvalue weighted by molar-refractivity contribution is 7.89. The number of aliphatic hydroxyl groups is 1. The summed E-state index contributed by atoms with van der Waals surface area (Å²) in [6, 6.07) is 4.85. The molecule has 1 aliphatic heterocycles. The number of nitro groups is 1. The smallest absolute Gasteiger partial charge is 0.407 e. The van der Waals surface area contributed by atoms with Gasteiger partial charge >= 0.3 is 6.09 Å². The van der Waals surface area contributed by atoms with Gasteiger partial charge in [0.25, 0.3) is 5.69 Å². The third kappa shape index (κ3) is 3.50. The van der Waals surface area contributed by atoms with Gasteiger partial charge in [-0.3, -0.25) is 10.1 Å². The summed E-state index contributed by atoms with van der Waals surface area (Å²) in [5.74, 6) is -0.579. The Hall–Kier alpha value is -2.24. The number of sulfonamides is 1. The third-order valence-corrected chi connectivity index (χ3v) is 6.66. The zero-order valence-electron chi connectivity index (χ0n) is 13.8. The first-order valence-electron chi connectivity index (χ1n) is 8.13. The van der Waals surface area contributed by atoms with Crippen molar-refractivity contribution in [2.24, 2.45) is 5.92 Å². The molecule has 142 valence electrons. The number of carboxylic acid groups (broad SMARTS) is 1. The van der Waals surface area contributed by atoms with Crippen LogP contribution >= 0.6 is 0 Å². The van der Waals surface area contributed by atoms with Gasteiger partial charge in [-0.05, 0) is 18.9 Å². The molecule has 3 rings (SSSR count). The zero-order valence-corrected chi connectivity index (χ0v) is 14.6. The fraction of sp³-hybridized carbons (Fsp3) is 0.533. The van der Waals surface area contributed by atoms with Gasteiger partial charge in [0, 0.05) is 31.1 Å². The van der Waals surface area contributed by atoms with E-state index in [-0.39, 0.29) is 30.6 Å². The number of rotatable bonds is 6. The summed E-state index contributed by atoms with van der Waals surface area (Å²) in [6.45, 7) is -0.139. The molecule has 0 unspecified atom stereocenters. The highest BCUT2D eigenvalue weighted by Crippen LogP contribution is 2.36. The standard InChI is InChI=1S/C15H19N3O7S/c19-13-9-16(15(20)21)7-10(13)8-17(11-5-6-11)26(24,25)14-4-2-1-3-12(14)18(22)23/h1-4,10-11,13,19H,5-9H2,(H,20,21)/t10-,13+/m1/s1. The van der Waals surface area contributed by atoms with Gasteiger partial charge in [-0.1, -0.05) is 12.1 Å². The summed E-state index contributed by atoms with van der Waals surface area (Å²) in [5, 5.41) is 30.4. The first-order valence-corrected chi connectivity index (χ1v) is 9.57. The van der Waals surface area contributed by atoms with Crippen molar-refractivity contribution in [3.8, 4) is 0 Å². The summed E-state index contributed by atoms with van der Waals surface area (Å²) in [6.07, 6.45) is -0.893. The van der Waals surface area contributed by atoms with E-state index in [1.54, 1.807) is 0 Å². The number of benzene rings is 1. The molecule has 1 saturated carbocycles. The van der Waals surface area contributed by atoms with Crippen LogP contribution in [0.2, 0.25) is 0 Å². The Morgan fingerprint density at radius 3 is 2.50 bits per heavy atom. The molecule has 2 aliphatic rings. The van der Waals surface area contributed by atoms with Crippen molar-refractivity contribution in [2.45, 2.75) is 29.9 Å². The molecule has 0 spiro atoms. The van der Waals surface area contributed by atoms with Gasteiger partial charge < -0.3 is 15.1 Å². The fourth-order valence-electron chi connectivity index (χ4n) is 3.18. The lowest BCUT2D eigenvalue weighted by Crippen LogP contribution is -2.40. The summed E-state index contributed by atoms with van der Waals surface area (Å²) in [5.41, 5.74) is -0.503. The number of hydrogen-bond donors (Lipinski definition) is 2. The second-order valence-corrected chi connectivity index (χ2v) is 8.40. The first kappa shape index (κ1) is 18.5. The van der Waals surface area contributed by atoms with E-state index >= 15 is 0 Å². The van der Waals surface area contributed by atoms with E-state index in [2.05, 4.69) is 0 Å². The van der Waals surface area contributed by atoms with Crippen molar-refractivity contribution in [3.05, 3.63) is 34.4 Å². The van der Waals surface area contributed by atoms with Crippen LogP contribution in [0.4, 0.5) is 10.5 Å². The largest absolute Gasteiger partial charge is 0.465 e. The highest BCUT2D eigenvalue weighted by Gasteiger charge is 2.44. The van der Waals surface area contributed by atoms with Gasteiger partial charge in [0.15, 0.2) is 4.90 Å². The fourth-order valence-corrected chi connectivity index (χ4v) is 5.08. The normalized spacial score (nSPS) is 23.4. The maximum absolute atomic E-state index is 13.1. The third-order valence-electron chi connectivity index (χ3n) is 4.69. The van der Waals surface area contributed by atoms with Crippen molar-refractivity contribution in [3.63, 3.8) is 0 Å². The SMILES string of the molecule is O=C(O)N1C[C@H](CN(C2CC2)S(=O)(=O)c2ccccc2[N+](=O)[O-])[C@@H](O)C1. The molecule has 0 bridgehead atoms. The van der Waals surface area contributed by atoms with Crippen LogP contribution in [0.1, 0.15) is 12.8 Å². The van der Waals surface area contributed by atoms with Gasteiger partial charge in [0.2, 0.25) is 10.0 Å². The van der Waals surface area contributed by atoms with Gasteiger partial charge in [0.1, 0.15) is 0 Å². The van der Waals surface area contributed by atoms with Gasteiger partial charge in [-0.15, -0.1) is 0 Å². The Morgan fingerprint density at radius 2 is 1.96 bits per heavy atom. The molecule has 2 N–H and O–H groups in total. The number of amides is 1.